The predicted octanol–water partition coefficient (Wildman–Crippen LogP) is 3.02. The Hall–Kier alpha value is -0.730. The fraction of sp³-hybridized carbons (Fsp3) is 0.286. The second-order valence-corrected chi connectivity index (χ2v) is 8.59. The minimum atomic E-state index is -3.54. The number of sulfonamides is 1. The van der Waals surface area contributed by atoms with E-state index in [9.17, 15) is 8.42 Å². The summed E-state index contributed by atoms with van der Waals surface area (Å²) in [6, 6.07) is 9.26. The van der Waals surface area contributed by atoms with E-state index in [1.165, 1.54) is 4.88 Å². The smallest absolute Gasteiger partial charge is 0.242 e. The molecule has 0 amide bonds. The Morgan fingerprint density at radius 1 is 1.19 bits per heavy atom. The van der Waals surface area contributed by atoms with Gasteiger partial charge in [0.1, 0.15) is 0 Å². The van der Waals surface area contributed by atoms with Crippen molar-refractivity contribution in [2.75, 3.05) is 7.05 Å². The molecule has 0 saturated heterocycles. The van der Waals surface area contributed by atoms with Gasteiger partial charge in [0.15, 0.2) is 0 Å². The quantitative estimate of drug-likeness (QED) is 0.799. The number of nitrogens with one attached hydrogen (secondary N) is 2. The van der Waals surface area contributed by atoms with Gasteiger partial charge in [-0.15, -0.1) is 11.3 Å². The van der Waals surface area contributed by atoms with Crippen LogP contribution in [-0.4, -0.2) is 15.5 Å². The summed E-state index contributed by atoms with van der Waals surface area (Å²) in [5, 5.41) is 3.01. The number of aryl methyl sites for hydroxylation is 1. The molecule has 0 radical (unpaired) electrons. The highest BCUT2D eigenvalue weighted by molar-refractivity contribution is 9.10. The molecule has 114 valence electrons. The van der Waals surface area contributed by atoms with Crippen LogP contribution in [0.15, 0.2) is 39.7 Å². The highest BCUT2D eigenvalue weighted by Gasteiger charge is 2.18. The summed E-state index contributed by atoms with van der Waals surface area (Å²) >= 11 is 4.90. The molecule has 0 spiro atoms. The zero-order valence-corrected chi connectivity index (χ0v) is 15.0. The number of hydrogen-bond donors (Lipinski definition) is 2. The van der Waals surface area contributed by atoms with Crippen molar-refractivity contribution >= 4 is 37.3 Å². The van der Waals surface area contributed by atoms with Crippen LogP contribution in [0.5, 0.6) is 0 Å². The van der Waals surface area contributed by atoms with Gasteiger partial charge < -0.3 is 5.32 Å². The van der Waals surface area contributed by atoms with E-state index >= 15 is 0 Å². The van der Waals surface area contributed by atoms with E-state index in [2.05, 4.69) is 26.0 Å². The Labute approximate surface area is 137 Å². The van der Waals surface area contributed by atoms with E-state index in [1.807, 2.05) is 32.2 Å². The van der Waals surface area contributed by atoms with E-state index in [-0.39, 0.29) is 4.90 Å². The third-order valence-corrected chi connectivity index (χ3v) is 6.29. The van der Waals surface area contributed by atoms with Crippen LogP contribution in [0.4, 0.5) is 0 Å². The molecule has 1 aromatic carbocycles. The minimum Gasteiger partial charge on any atom is -0.316 e. The number of thiophene rings is 1. The molecule has 2 aromatic rings. The summed E-state index contributed by atoms with van der Waals surface area (Å²) in [6.45, 7) is 2.93. The van der Waals surface area contributed by atoms with Gasteiger partial charge in [-0.1, -0.05) is 6.07 Å². The zero-order valence-electron chi connectivity index (χ0n) is 11.8. The number of benzene rings is 1. The van der Waals surface area contributed by atoms with Crippen molar-refractivity contribution in [1.82, 2.24) is 10.0 Å². The molecule has 0 aliphatic carbocycles. The van der Waals surface area contributed by atoms with Crippen LogP contribution < -0.4 is 10.0 Å². The van der Waals surface area contributed by atoms with Gasteiger partial charge in [0.05, 0.1) is 4.90 Å². The number of hydrogen-bond acceptors (Lipinski definition) is 4. The van der Waals surface area contributed by atoms with Crippen LogP contribution in [-0.2, 0) is 23.1 Å². The molecule has 0 saturated carbocycles. The van der Waals surface area contributed by atoms with Gasteiger partial charge in [-0.25, -0.2) is 13.1 Å². The molecule has 21 heavy (non-hydrogen) atoms. The summed E-state index contributed by atoms with van der Waals surface area (Å²) in [4.78, 5) is 2.43. The molecule has 2 rings (SSSR count). The lowest BCUT2D eigenvalue weighted by Crippen LogP contribution is -2.23. The normalized spacial score (nSPS) is 11.8. The molecule has 0 bridgehead atoms. The molecule has 7 heteroatoms. The van der Waals surface area contributed by atoms with Gasteiger partial charge in [-0.2, -0.15) is 0 Å². The molecule has 0 aliphatic heterocycles. The first-order valence-corrected chi connectivity index (χ1v) is 9.49. The lowest BCUT2D eigenvalue weighted by atomic mass is 10.2. The Morgan fingerprint density at radius 3 is 2.57 bits per heavy atom. The van der Waals surface area contributed by atoms with Crippen LogP contribution in [0.1, 0.15) is 15.3 Å². The van der Waals surface area contributed by atoms with Crippen LogP contribution in [0, 0.1) is 6.92 Å². The van der Waals surface area contributed by atoms with Crippen molar-refractivity contribution in [2.24, 2.45) is 0 Å². The second kappa shape index (κ2) is 7.02. The van der Waals surface area contributed by atoms with Crippen LogP contribution in [0.25, 0.3) is 0 Å². The highest BCUT2D eigenvalue weighted by Crippen LogP contribution is 2.24. The van der Waals surface area contributed by atoms with Gasteiger partial charge >= 0.3 is 0 Å². The highest BCUT2D eigenvalue weighted by atomic mass is 79.9. The second-order valence-electron chi connectivity index (χ2n) is 4.63. The first-order chi connectivity index (χ1) is 9.92. The zero-order chi connectivity index (χ0) is 15.5. The third-order valence-electron chi connectivity index (χ3n) is 2.90. The maximum absolute atomic E-state index is 12.4. The summed E-state index contributed by atoms with van der Waals surface area (Å²) in [7, 11) is -1.71. The van der Waals surface area contributed by atoms with E-state index < -0.39 is 10.0 Å². The number of rotatable bonds is 6. The van der Waals surface area contributed by atoms with E-state index in [4.69, 9.17) is 0 Å². The van der Waals surface area contributed by atoms with Crippen LogP contribution >= 0.6 is 27.3 Å². The maximum atomic E-state index is 12.4. The molecule has 0 fully saturated rings. The van der Waals surface area contributed by atoms with E-state index in [0.29, 0.717) is 17.6 Å². The maximum Gasteiger partial charge on any atom is 0.242 e. The van der Waals surface area contributed by atoms with Gasteiger partial charge in [0, 0.05) is 27.3 Å². The average Bonchev–Trinajstić information content (AvgIpc) is 2.85. The average molecular weight is 389 g/mol. The molecular weight excluding hydrogens is 372 g/mol. The van der Waals surface area contributed by atoms with Gasteiger partial charge in [0.2, 0.25) is 10.0 Å². The van der Waals surface area contributed by atoms with Crippen molar-refractivity contribution in [2.45, 2.75) is 24.9 Å². The first-order valence-electron chi connectivity index (χ1n) is 6.40. The fourth-order valence-electron chi connectivity index (χ4n) is 1.89. The molecule has 0 atom stereocenters. The molecule has 1 heterocycles. The molecule has 0 unspecified atom stereocenters. The summed E-state index contributed by atoms with van der Waals surface area (Å²) < 4.78 is 28.1. The van der Waals surface area contributed by atoms with Crippen molar-refractivity contribution in [1.29, 1.82) is 0 Å². The monoisotopic (exact) mass is 388 g/mol. The van der Waals surface area contributed by atoms with Crippen molar-refractivity contribution in [3.63, 3.8) is 0 Å². The van der Waals surface area contributed by atoms with Gasteiger partial charge in [0.25, 0.3) is 0 Å². The Bertz CT molecular complexity index is 726. The topological polar surface area (TPSA) is 58.2 Å². The summed E-state index contributed by atoms with van der Waals surface area (Å²) in [5.74, 6) is 0. The molecule has 0 aliphatic rings. The first kappa shape index (κ1) is 16.6. The standard InChI is InChI=1S/C14H17BrN2O2S2/c1-10-3-5-12(20-10)9-17-21(18,19)14-7-11(8-16-2)4-6-13(14)15/h3-7,16-17H,8-9H2,1-2H3. The van der Waals surface area contributed by atoms with Crippen molar-refractivity contribution in [3.05, 3.63) is 50.1 Å². The Kier molecular flexibility index (Phi) is 5.56. The SMILES string of the molecule is CNCc1ccc(Br)c(S(=O)(=O)NCc2ccc(C)s2)c1. The van der Waals surface area contributed by atoms with E-state index in [0.717, 1.165) is 10.4 Å². The Balaban J connectivity index is 2.20. The Morgan fingerprint density at radius 2 is 1.95 bits per heavy atom. The summed E-state index contributed by atoms with van der Waals surface area (Å²) in [5.41, 5.74) is 0.924. The molecule has 2 N–H and O–H groups in total. The van der Waals surface area contributed by atoms with Crippen molar-refractivity contribution < 1.29 is 8.42 Å². The molecule has 4 nitrogen and oxygen atoms in total. The van der Waals surface area contributed by atoms with E-state index in [1.54, 1.807) is 23.5 Å². The van der Waals surface area contributed by atoms with Crippen molar-refractivity contribution in [3.8, 4) is 0 Å². The van der Waals surface area contributed by atoms with Crippen LogP contribution in [0.3, 0.4) is 0 Å². The minimum absolute atomic E-state index is 0.267. The third kappa shape index (κ3) is 4.37. The van der Waals surface area contributed by atoms with Gasteiger partial charge in [-0.05, 0) is 59.7 Å². The van der Waals surface area contributed by atoms with Gasteiger partial charge in [-0.3, -0.25) is 0 Å². The lowest BCUT2D eigenvalue weighted by molar-refractivity contribution is 0.581. The molecule has 1 aromatic heterocycles. The largest absolute Gasteiger partial charge is 0.316 e. The fourth-order valence-corrected chi connectivity index (χ4v) is 4.83. The predicted molar refractivity (Wildman–Crippen MR) is 90.0 cm³/mol. The number of halogens is 1. The lowest BCUT2D eigenvalue weighted by Gasteiger charge is -2.10. The van der Waals surface area contributed by atoms with Crippen LogP contribution in [0.2, 0.25) is 0 Å². The summed E-state index contributed by atoms with van der Waals surface area (Å²) in [6.07, 6.45) is 0. The molecular formula is C14H17BrN2O2S2.